The number of rotatable bonds is 4. The zero-order chi connectivity index (χ0) is 30.9. The van der Waals surface area contributed by atoms with Crippen LogP contribution in [0, 0.1) is 0 Å². The van der Waals surface area contributed by atoms with Gasteiger partial charge in [-0.15, -0.1) is 0 Å². The third kappa shape index (κ3) is 3.81. The van der Waals surface area contributed by atoms with Crippen LogP contribution >= 0.6 is 0 Å². The molecule has 0 aliphatic heterocycles. The lowest BCUT2D eigenvalue weighted by atomic mass is 10.1. The fourth-order valence-corrected chi connectivity index (χ4v) is 7.63. The molecule has 3 aromatic heterocycles. The molecule has 3 heterocycles. The van der Waals surface area contributed by atoms with E-state index in [9.17, 15) is 0 Å². The quantitative estimate of drug-likeness (QED) is 0.191. The number of hydrogen-bond acceptors (Lipinski definition) is 0. The van der Waals surface area contributed by atoms with Gasteiger partial charge in [0.15, 0.2) is 0 Å². The molecule has 0 aliphatic rings. The van der Waals surface area contributed by atoms with Crippen LogP contribution in [0.15, 0.2) is 176 Å². The highest BCUT2D eigenvalue weighted by molar-refractivity contribution is 6.22. The van der Waals surface area contributed by atoms with Crippen molar-refractivity contribution >= 4 is 54.6 Å². The Labute approximate surface area is 271 Å². The Kier molecular flexibility index (Phi) is 5.57. The van der Waals surface area contributed by atoms with Crippen molar-refractivity contribution in [1.29, 1.82) is 0 Å². The van der Waals surface area contributed by atoms with Crippen molar-refractivity contribution in [3.8, 4) is 28.2 Å². The molecule has 0 radical (unpaired) electrons. The SMILES string of the molecule is c1ccc(-c2cccc(-n3c4ccccc4c4c5ccccc5n(-c5ccc6c(c5)c5ccccc5n6-c5ccccc5)c43)c2)cc1. The second-order valence-corrected chi connectivity index (χ2v) is 12.2. The molecule has 0 unspecified atom stereocenters. The van der Waals surface area contributed by atoms with E-state index in [2.05, 4.69) is 190 Å². The highest BCUT2D eigenvalue weighted by Gasteiger charge is 2.23. The Hall–Kier alpha value is -6.32. The molecule has 0 N–H and O–H groups in total. The molecule has 7 aromatic carbocycles. The van der Waals surface area contributed by atoms with E-state index in [-0.39, 0.29) is 0 Å². The predicted molar refractivity (Wildman–Crippen MR) is 197 cm³/mol. The average Bonchev–Trinajstić information content (AvgIpc) is 3.78. The van der Waals surface area contributed by atoms with Gasteiger partial charge in [-0.25, -0.2) is 0 Å². The van der Waals surface area contributed by atoms with Crippen LogP contribution in [0.2, 0.25) is 0 Å². The van der Waals surface area contributed by atoms with Gasteiger partial charge in [-0.05, 0) is 71.8 Å². The second kappa shape index (κ2) is 10.1. The van der Waals surface area contributed by atoms with Crippen molar-refractivity contribution in [2.75, 3.05) is 0 Å². The maximum Gasteiger partial charge on any atom is 0.131 e. The lowest BCUT2D eigenvalue weighted by molar-refractivity contribution is 1.07. The van der Waals surface area contributed by atoms with E-state index in [1.165, 1.54) is 71.5 Å². The number of fused-ring (bicyclic) bond motifs is 8. The second-order valence-electron chi connectivity index (χ2n) is 12.2. The largest absolute Gasteiger partial charge is 0.309 e. The van der Waals surface area contributed by atoms with Crippen molar-refractivity contribution in [2.45, 2.75) is 0 Å². The fraction of sp³-hybridized carbons (Fsp3) is 0. The normalized spacial score (nSPS) is 11.8. The maximum absolute atomic E-state index is 2.47. The van der Waals surface area contributed by atoms with Crippen molar-refractivity contribution in [3.63, 3.8) is 0 Å². The maximum atomic E-state index is 2.47. The Morgan fingerprint density at radius 2 is 0.766 bits per heavy atom. The number of hydrogen-bond donors (Lipinski definition) is 0. The molecule has 3 nitrogen and oxygen atoms in total. The molecule has 3 heteroatoms. The summed E-state index contributed by atoms with van der Waals surface area (Å²) in [7, 11) is 0. The fourth-order valence-electron chi connectivity index (χ4n) is 7.63. The summed E-state index contributed by atoms with van der Waals surface area (Å²) in [5.41, 5.74) is 11.8. The van der Waals surface area contributed by atoms with Crippen LogP contribution in [0.5, 0.6) is 0 Å². The molecule has 220 valence electrons. The van der Waals surface area contributed by atoms with E-state index in [1.54, 1.807) is 0 Å². The van der Waals surface area contributed by atoms with Crippen molar-refractivity contribution in [1.82, 2.24) is 13.7 Å². The summed E-state index contributed by atoms with van der Waals surface area (Å²) in [5, 5.41) is 6.26. The standard InChI is InChI=1S/C44H29N3/c1-3-14-30(15-4-1)31-16-13-19-33(28-31)46-40-24-11-8-21-36(40)43-37-22-9-12-25-41(37)47(44(43)46)34-26-27-42-38(29-34)35-20-7-10-23-39(35)45(42)32-17-5-2-6-18-32/h1-29H. The summed E-state index contributed by atoms with van der Waals surface area (Å²) in [4.78, 5) is 0. The Balaban J connectivity index is 1.31. The van der Waals surface area contributed by atoms with Gasteiger partial charge in [-0.2, -0.15) is 0 Å². The zero-order valence-corrected chi connectivity index (χ0v) is 25.6. The Morgan fingerprint density at radius 3 is 1.45 bits per heavy atom. The molecule has 0 fully saturated rings. The van der Waals surface area contributed by atoms with Crippen LogP contribution in [0.25, 0.3) is 82.8 Å². The summed E-state index contributed by atoms with van der Waals surface area (Å²) < 4.78 is 7.30. The minimum absolute atomic E-state index is 1.14. The monoisotopic (exact) mass is 599 g/mol. The molecule has 47 heavy (non-hydrogen) atoms. The van der Waals surface area contributed by atoms with E-state index in [0.29, 0.717) is 0 Å². The highest BCUT2D eigenvalue weighted by atomic mass is 15.1. The van der Waals surface area contributed by atoms with Crippen LogP contribution in [0.3, 0.4) is 0 Å². The molecule has 0 saturated heterocycles. The van der Waals surface area contributed by atoms with Crippen LogP contribution in [-0.2, 0) is 0 Å². The van der Waals surface area contributed by atoms with Crippen molar-refractivity contribution in [2.24, 2.45) is 0 Å². The molecule has 0 atom stereocenters. The number of para-hydroxylation sites is 4. The van der Waals surface area contributed by atoms with Gasteiger partial charge in [-0.3, -0.25) is 9.13 Å². The molecular formula is C44H29N3. The molecule has 0 spiro atoms. The Bertz CT molecular complexity index is 2780. The molecule has 0 bridgehead atoms. The summed E-state index contributed by atoms with van der Waals surface area (Å²) in [5.74, 6) is 0. The Morgan fingerprint density at radius 1 is 0.277 bits per heavy atom. The predicted octanol–water partition coefficient (Wildman–Crippen LogP) is 11.5. The summed E-state index contributed by atoms with van der Waals surface area (Å²) in [6, 6.07) is 63.6. The first-order chi connectivity index (χ1) is 23.3. The molecular weight excluding hydrogens is 571 g/mol. The van der Waals surface area contributed by atoms with Gasteiger partial charge in [0.1, 0.15) is 5.65 Å². The van der Waals surface area contributed by atoms with Gasteiger partial charge in [0.05, 0.1) is 22.1 Å². The van der Waals surface area contributed by atoms with Gasteiger partial charge in [0.25, 0.3) is 0 Å². The lowest BCUT2D eigenvalue weighted by Gasteiger charge is -2.14. The highest BCUT2D eigenvalue weighted by Crippen LogP contribution is 2.42. The van der Waals surface area contributed by atoms with Gasteiger partial charge in [0, 0.05) is 44.0 Å². The van der Waals surface area contributed by atoms with Gasteiger partial charge in [-0.1, -0.05) is 115 Å². The van der Waals surface area contributed by atoms with Gasteiger partial charge in [0.2, 0.25) is 0 Å². The number of nitrogens with zero attached hydrogens (tertiary/aromatic N) is 3. The average molecular weight is 600 g/mol. The molecule has 10 rings (SSSR count). The van der Waals surface area contributed by atoms with E-state index in [0.717, 1.165) is 11.4 Å². The first kappa shape index (κ1) is 26.0. The first-order valence-electron chi connectivity index (χ1n) is 16.1. The first-order valence-corrected chi connectivity index (χ1v) is 16.1. The van der Waals surface area contributed by atoms with E-state index >= 15 is 0 Å². The van der Waals surface area contributed by atoms with Crippen molar-refractivity contribution in [3.05, 3.63) is 176 Å². The summed E-state index contributed by atoms with van der Waals surface area (Å²) >= 11 is 0. The molecule has 0 saturated carbocycles. The van der Waals surface area contributed by atoms with Crippen LogP contribution in [0.4, 0.5) is 0 Å². The van der Waals surface area contributed by atoms with Crippen LogP contribution < -0.4 is 0 Å². The number of benzene rings is 7. The van der Waals surface area contributed by atoms with E-state index in [4.69, 9.17) is 0 Å². The topological polar surface area (TPSA) is 14.8 Å². The van der Waals surface area contributed by atoms with Gasteiger partial charge >= 0.3 is 0 Å². The minimum Gasteiger partial charge on any atom is -0.309 e. The van der Waals surface area contributed by atoms with Crippen molar-refractivity contribution < 1.29 is 0 Å². The molecule has 0 aliphatic carbocycles. The minimum atomic E-state index is 1.14. The van der Waals surface area contributed by atoms with Gasteiger partial charge < -0.3 is 4.57 Å². The summed E-state index contributed by atoms with van der Waals surface area (Å²) in [6.45, 7) is 0. The zero-order valence-electron chi connectivity index (χ0n) is 25.6. The van der Waals surface area contributed by atoms with E-state index in [1.807, 2.05) is 0 Å². The smallest absolute Gasteiger partial charge is 0.131 e. The molecule has 0 amide bonds. The number of aromatic nitrogens is 3. The van der Waals surface area contributed by atoms with E-state index < -0.39 is 0 Å². The van der Waals surface area contributed by atoms with Crippen LogP contribution in [-0.4, -0.2) is 13.7 Å². The third-order valence-corrected chi connectivity index (χ3v) is 9.62. The third-order valence-electron chi connectivity index (χ3n) is 9.62. The molecule has 10 aromatic rings. The lowest BCUT2D eigenvalue weighted by Crippen LogP contribution is -2.02. The van der Waals surface area contributed by atoms with Crippen LogP contribution in [0.1, 0.15) is 0 Å². The summed E-state index contributed by atoms with van der Waals surface area (Å²) in [6.07, 6.45) is 0.